The highest BCUT2D eigenvalue weighted by Gasteiger charge is 2.24. The van der Waals surface area contributed by atoms with E-state index in [0.717, 1.165) is 112 Å². The first kappa shape index (κ1) is 52.0. The zero-order valence-corrected chi connectivity index (χ0v) is 46.6. The molecule has 0 saturated carbocycles. The van der Waals surface area contributed by atoms with Gasteiger partial charge in [0.25, 0.3) is 0 Å². The van der Waals surface area contributed by atoms with Crippen LogP contribution in [-0.4, -0.2) is 0 Å². The fourth-order valence-corrected chi connectivity index (χ4v) is 11.5. The zero-order valence-electron chi connectivity index (χ0n) is 46.6. The molecule has 398 valence electrons. The van der Waals surface area contributed by atoms with Gasteiger partial charge >= 0.3 is 0 Å². The number of rotatable bonds is 14. The van der Waals surface area contributed by atoms with Crippen LogP contribution < -0.4 is 19.6 Å². The molecule has 0 atom stereocenters. The maximum atomic E-state index is 9.92. The summed E-state index contributed by atoms with van der Waals surface area (Å²) in [6, 6.07) is 109. The molecule has 0 unspecified atom stereocenters. The van der Waals surface area contributed by atoms with Gasteiger partial charge in [0.05, 0.1) is 18.2 Å². The second-order valence-corrected chi connectivity index (χ2v) is 20.9. The monoisotopic (exact) mass is 1080 g/mol. The van der Waals surface area contributed by atoms with Crippen molar-refractivity contribution in [3.05, 3.63) is 331 Å². The quantitative estimate of drug-likeness (QED) is 0.0802. The maximum Gasteiger partial charge on any atom is 0.187 e. The molecule has 6 nitrogen and oxygen atoms in total. The molecule has 6 heteroatoms. The predicted octanol–water partition coefficient (Wildman–Crippen LogP) is 22.2. The van der Waals surface area contributed by atoms with Crippen LogP contribution in [0.1, 0.15) is 16.7 Å². The minimum absolute atomic E-state index is 0.585. The lowest BCUT2D eigenvalue weighted by atomic mass is 9.85. The molecule has 0 aliphatic rings. The number of benzene rings is 13. The van der Waals surface area contributed by atoms with Crippen molar-refractivity contribution in [2.45, 2.75) is 13.8 Å². The molecule has 0 N–H and O–H groups in total. The molecule has 13 rings (SSSR count). The molecular formula is C78H56N6. The third kappa shape index (κ3) is 10.2. The number of hydrogen-bond acceptors (Lipinski definition) is 5. The summed E-state index contributed by atoms with van der Waals surface area (Å²) in [7, 11) is 0. The van der Waals surface area contributed by atoms with E-state index in [1.54, 1.807) is 0 Å². The van der Waals surface area contributed by atoms with E-state index in [1.807, 2.05) is 48.5 Å². The number of para-hydroxylation sites is 4. The lowest BCUT2D eigenvalue weighted by Gasteiger charge is -2.29. The summed E-state index contributed by atoms with van der Waals surface area (Å²) in [6.45, 7) is 12.0. The molecule has 13 aromatic rings. The van der Waals surface area contributed by atoms with Crippen molar-refractivity contribution < 1.29 is 0 Å². The summed E-state index contributed by atoms with van der Waals surface area (Å²) in [5.74, 6) is 0. The van der Waals surface area contributed by atoms with Crippen molar-refractivity contribution in [3.63, 3.8) is 0 Å². The van der Waals surface area contributed by atoms with Crippen molar-refractivity contribution in [1.82, 2.24) is 0 Å². The van der Waals surface area contributed by atoms with Gasteiger partial charge < -0.3 is 19.6 Å². The minimum atomic E-state index is 0.585. The molecule has 0 bridgehead atoms. The van der Waals surface area contributed by atoms with Gasteiger partial charge in [-0.05, 0) is 215 Å². The molecule has 0 aliphatic carbocycles. The number of anilines is 12. The average molecular weight is 1080 g/mol. The fraction of sp³-hybridized carbons (Fsp3) is 0.0256. The Labute approximate surface area is 491 Å². The number of aryl methyl sites for hydroxylation is 2. The van der Waals surface area contributed by atoms with Crippen molar-refractivity contribution in [1.29, 1.82) is 5.26 Å². The van der Waals surface area contributed by atoms with Gasteiger partial charge in [-0.1, -0.05) is 157 Å². The highest BCUT2D eigenvalue weighted by atomic mass is 15.2. The van der Waals surface area contributed by atoms with E-state index < -0.39 is 0 Å². The van der Waals surface area contributed by atoms with Gasteiger partial charge in [-0.2, -0.15) is 5.26 Å². The summed E-state index contributed by atoms with van der Waals surface area (Å²) >= 11 is 0. The summed E-state index contributed by atoms with van der Waals surface area (Å²) in [4.78, 5) is 12.9. The Kier molecular flexibility index (Phi) is 14.2. The van der Waals surface area contributed by atoms with Crippen LogP contribution in [0.2, 0.25) is 0 Å². The summed E-state index contributed by atoms with van der Waals surface area (Å²) < 4.78 is 0. The van der Waals surface area contributed by atoms with E-state index in [4.69, 9.17) is 6.57 Å². The van der Waals surface area contributed by atoms with Gasteiger partial charge in [-0.15, -0.1) is 0 Å². The van der Waals surface area contributed by atoms with E-state index in [2.05, 4.69) is 299 Å². The van der Waals surface area contributed by atoms with E-state index in [0.29, 0.717) is 11.3 Å². The maximum absolute atomic E-state index is 9.92. The molecule has 0 saturated heterocycles. The van der Waals surface area contributed by atoms with Gasteiger partial charge in [0.15, 0.2) is 5.69 Å². The first-order valence-corrected chi connectivity index (χ1v) is 28.2. The molecule has 0 heterocycles. The van der Waals surface area contributed by atoms with Gasteiger partial charge in [-0.25, -0.2) is 4.85 Å². The molecule has 0 radical (unpaired) electrons. The van der Waals surface area contributed by atoms with Crippen molar-refractivity contribution >= 4 is 95.5 Å². The second kappa shape index (κ2) is 23.0. The molecule has 0 spiro atoms. The Balaban J connectivity index is 1.09. The Hall–Kier alpha value is -11.4. The highest BCUT2D eigenvalue weighted by Crippen LogP contribution is 2.50. The standard InChI is InChI=1S/C78H56N6/c1-55-24-36-65(37-25-55)83(67-40-28-57(54-79)29-41-67)71-48-50-73-75(52-71)77(58-30-42-68(43-31-58)81(61-16-8-4-9-17-61)62-18-10-5-11-19-62)74-51-49-72(84(66-38-26-56(2)27-39-66)70-46-34-60(80-3)35-47-70)53-76(74)78(73)59-32-44-69(45-33-59)82(63-20-12-6-13-21-63)64-22-14-7-15-23-64/h4-53H,1-2H3. The lowest BCUT2D eigenvalue weighted by Crippen LogP contribution is -2.11. The average Bonchev–Trinajstić information content (AvgIpc) is 1.94. The van der Waals surface area contributed by atoms with Crippen molar-refractivity contribution in [2.75, 3.05) is 19.6 Å². The number of fused-ring (bicyclic) bond motifs is 2. The van der Waals surface area contributed by atoms with Crippen molar-refractivity contribution in [3.8, 4) is 28.3 Å². The number of hydrogen-bond donors (Lipinski definition) is 0. The van der Waals surface area contributed by atoms with Gasteiger partial charge in [0, 0.05) is 68.2 Å². The molecule has 0 aromatic heterocycles. The smallest absolute Gasteiger partial charge is 0.187 e. The van der Waals surface area contributed by atoms with Crippen LogP contribution in [-0.2, 0) is 0 Å². The van der Waals surface area contributed by atoms with Gasteiger partial charge in [0.1, 0.15) is 0 Å². The van der Waals surface area contributed by atoms with E-state index in [-0.39, 0.29) is 0 Å². The fourth-order valence-electron chi connectivity index (χ4n) is 11.5. The highest BCUT2D eigenvalue weighted by molar-refractivity contribution is 6.23. The normalized spacial score (nSPS) is 11.0. The Morgan fingerprint density at radius 2 is 0.548 bits per heavy atom. The number of nitriles is 1. The van der Waals surface area contributed by atoms with Gasteiger partial charge in [0.2, 0.25) is 0 Å². The summed E-state index contributed by atoms with van der Waals surface area (Å²) in [6.07, 6.45) is 0. The lowest BCUT2D eigenvalue weighted by molar-refractivity contribution is 1.28. The molecular weight excluding hydrogens is 1020 g/mol. The van der Waals surface area contributed by atoms with Crippen molar-refractivity contribution in [2.24, 2.45) is 0 Å². The molecule has 0 fully saturated rings. The largest absolute Gasteiger partial charge is 0.311 e. The van der Waals surface area contributed by atoms with Crippen LogP contribution in [0.4, 0.5) is 73.9 Å². The topological polar surface area (TPSA) is 41.1 Å². The van der Waals surface area contributed by atoms with Crippen LogP contribution in [0.25, 0.3) is 48.6 Å². The Bertz CT molecular complexity index is 4140. The van der Waals surface area contributed by atoms with Crippen LogP contribution in [0.3, 0.4) is 0 Å². The van der Waals surface area contributed by atoms with Crippen LogP contribution in [0, 0.1) is 31.8 Å². The molecule has 0 amide bonds. The SMILES string of the molecule is [C-]#[N+]c1ccc(N(c2ccc(C)cc2)c2ccc3c(-c4ccc(N(c5ccccc5)c5ccccc5)cc4)c4cc(N(c5ccc(C)cc5)c5ccc(C#N)cc5)ccc4c(-c4ccc(N(c5ccccc5)c5ccccc5)cc4)c3c2)cc1. The zero-order chi connectivity index (χ0) is 56.9. The third-order valence-electron chi connectivity index (χ3n) is 15.6. The first-order valence-electron chi connectivity index (χ1n) is 28.2. The predicted molar refractivity (Wildman–Crippen MR) is 352 cm³/mol. The molecule has 13 aromatic carbocycles. The Morgan fingerprint density at radius 1 is 0.286 bits per heavy atom. The first-order chi connectivity index (χ1) is 41.4. The molecule has 84 heavy (non-hydrogen) atoms. The van der Waals surface area contributed by atoms with E-state index in [1.165, 1.54) is 11.1 Å². The molecule has 0 aliphatic heterocycles. The summed E-state index contributed by atoms with van der Waals surface area (Å²) in [5.41, 5.74) is 20.0. The van der Waals surface area contributed by atoms with Crippen LogP contribution >= 0.6 is 0 Å². The minimum Gasteiger partial charge on any atom is -0.311 e. The third-order valence-corrected chi connectivity index (χ3v) is 15.6. The summed E-state index contributed by atoms with van der Waals surface area (Å²) in [5, 5.41) is 14.2. The number of nitrogens with zero attached hydrogens (tertiary/aromatic N) is 6. The van der Waals surface area contributed by atoms with E-state index >= 15 is 0 Å². The van der Waals surface area contributed by atoms with Crippen LogP contribution in [0.5, 0.6) is 0 Å². The Morgan fingerprint density at radius 3 is 0.857 bits per heavy atom. The second-order valence-electron chi connectivity index (χ2n) is 20.9. The van der Waals surface area contributed by atoms with Gasteiger partial charge in [-0.3, -0.25) is 0 Å². The van der Waals surface area contributed by atoms with Crippen LogP contribution in [0.15, 0.2) is 303 Å². The van der Waals surface area contributed by atoms with E-state index in [9.17, 15) is 5.26 Å².